The zero-order chi connectivity index (χ0) is 13.3. The first-order valence-corrected chi connectivity index (χ1v) is 6.40. The molecule has 1 aromatic carbocycles. The van der Waals surface area contributed by atoms with Gasteiger partial charge in [0.2, 0.25) is 0 Å². The van der Waals surface area contributed by atoms with Crippen molar-refractivity contribution in [2.24, 2.45) is 5.92 Å². The fraction of sp³-hybridized carbons (Fsp3) is 0.571. The van der Waals surface area contributed by atoms with Crippen molar-refractivity contribution >= 4 is 5.69 Å². The third kappa shape index (κ3) is 2.49. The number of aliphatic hydroxyl groups is 2. The summed E-state index contributed by atoms with van der Waals surface area (Å²) in [5.74, 6) is -0.197. The number of hydrogen-bond donors (Lipinski definition) is 2. The molecule has 1 saturated heterocycles. The van der Waals surface area contributed by atoms with E-state index in [1.54, 1.807) is 19.1 Å². The summed E-state index contributed by atoms with van der Waals surface area (Å²) in [4.78, 5) is 1.93. The number of piperidine rings is 1. The molecule has 0 bridgehead atoms. The lowest BCUT2D eigenvalue weighted by molar-refractivity contribution is 0.0966. The van der Waals surface area contributed by atoms with Crippen LogP contribution in [0.2, 0.25) is 0 Å². The van der Waals surface area contributed by atoms with Gasteiger partial charge in [0, 0.05) is 18.7 Å². The lowest BCUT2D eigenvalue weighted by Gasteiger charge is -2.37. The number of anilines is 1. The summed E-state index contributed by atoms with van der Waals surface area (Å²) in [6.45, 7) is 4.83. The maximum atomic E-state index is 14.0. The second-order valence-electron chi connectivity index (χ2n) is 5.13. The van der Waals surface area contributed by atoms with E-state index in [0.717, 1.165) is 0 Å². The van der Waals surface area contributed by atoms with Crippen molar-refractivity contribution in [3.63, 3.8) is 0 Å². The smallest absolute Gasteiger partial charge is 0.146 e. The number of aliphatic hydroxyl groups excluding tert-OH is 2. The monoisotopic (exact) mass is 253 g/mol. The minimum Gasteiger partial charge on any atom is -0.393 e. The molecule has 3 atom stereocenters. The molecule has 18 heavy (non-hydrogen) atoms. The molecule has 1 aliphatic heterocycles. The van der Waals surface area contributed by atoms with Crippen molar-refractivity contribution in [1.29, 1.82) is 0 Å². The van der Waals surface area contributed by atoms with Gasteiger partial charge in [-0.3, -0.25) is 0 Å². The number of benzene rings is 1. The topological polar surface area (TPSA) is 43.7 Å². The normalized spacial score (nSPS) is 26.2. The number of rotatable bonds is 2. The Morgan fingerprint density at radius 1 is 1.44 bits per heavy atom. The van der Waals surface area contributed by atoms with Gasteiger partial charge in [-0.1, -0.05) is 19.1 Å². The van der Waals surface area contributed by atoms with Gasteiger partial charge in [-0.25, -0.2) is 4.39 Å². The van der Waals surface area contributed by atoms with E-state index >= 15 is 0 Å². The summed E-state index contributed by atoms with van der Waals surface area (Å²) in [5, 5.41) is 19.5. The fourth-order valence-corrected chi connectivity index (χ4v) is 2.54. The molecular formula is C14H20FNO2. The molecule has 0 aliphatic carbocycles. The molecule has 1 heterocycles. The van der Waals surface area contributed by atoms with Crippen molar-refractivity contribution in [1.82, 2.24) is 0 Å². The van der Waals surface area contributed by atoms with Gasteiger partial charge in [0.1, 0.15) is 5.82 Å². The number of nitrogens with zero attached hydrogens (tertiary/aromatic N) is 1. The summed E-state index contributed by atoms with van der Waals surface area (Å²) in [5.41, 5.74) is 1.09. The second kappa shape index (κ2) is 5.24. The maximum absolute atomic E-state index is 14.0. The lowest BCUT2D eigenvalue weighted by atomic mass is 9.95. The summed E-state index contributed by atoms with van der Waals surface area (Å²) in [7, 11) is 0. The van der Waals surface area contributed by atoms with Gasteiger partial charge in [0.25, 0.3) is 0 Å². The molecule has 4 heteroatoms. The maximum Gasteiger partial charge on any atom is 0.146 e. The van der Waals surface area contributed by atoms with Crippen molar-refractivity contribution < 1.29 is 14.6 Å². The van der Waals surface area contributed by atoms with Crippen LogP contribution in [0.4, 0.5) is 10.1 Å². The third-order valence-electron chi connectivity index (χ3n) is 3.64. The van der Waals surface area contributed by atoms with Gasteiger partial charge in [-0.05, 0) is 25.3 Å². The van der Waals surface area contributed by atoms with Crippen LogP contribution in [0.5, 0.6) is 0 Å². The van der Waals surface area contributed by atoms with E-state index in [1.807, 2.05) is 11.8 Å². The first-order valence-electron chi connectivity index (χ1n) is 6.40. The van der Waals surface area contributed by atoms with Crippen LogP contribution in [0.1, 0.15) is 31.9 Å². The Labute approximate surface area is 107 Å². The van der Waals surface area contributed by atoms with Crippen molar-refractivity contribution in [3.8, 4) is 0 Å². The average Bonchev–Trinajstić information content (AvgIpc) is 2.32. The second-order valence-corrected chi connectivity index (χ2v) is 5.13. The number of para-hydroxylation sites is 1. The molecule has 0 aromatic heterocycles. The van der Waals surface area contributed by atoms with E-state index < -0.39 is 6.10 Å². The van der Waals surface area contributed by atoms with Crippen LogP contribution in [-0.4, -0.2) is 29.4 Å². The van der Waals surface area contributed by atoms with Gasteiger partial charge in [0.05, 0.1) is 17.9 Å². The van der Waals surface area contributed by atoms with E-state index in [4.69, 9.17) is 0 Å². The molecule has 0 amide bonds. The van der Waals surface area contributed by atoms with Crippen LogP contribution >= 0.6 is 0 Å². The predicted octanol–water partition coefficient (Wildman–Crippen LogP) is 2.09. The summed E-state index contributed by atoms with van der Waals surface area (Å²) in [6, 6.07) is 4.78. The van der Waals surface area contributed by atoms with E-state index in [-0.39, 0.29) is 17.8 Å². The average molecular weight is 253 g/mol. The molecule has 100 valence electrons. The molecule has 3 nitrogen and oxygen atoms in total. The Morgan fingerprint density at radius 2 is 2.17 bits per heavy atom. The van der Waals surface area contributed by atoms with Gasteiger partial charge < -0.3 is 15.1 Å². The van der Waals surface area contributed by atoms with Crippen LogP contribution in [0.15, 0.2) is 18.2 Å². The zero-order valence-corrected chi connectivity index (χ0v) is 10.8. The fourth-order valence-electron chi connectivity index (χ4n) is 2.54. The van der Waals surface area contributed by atoms with Crippen LogP contribution in [-0.2, 0) is 0 Å². The Bertz CT molecular complexity index is 422. The minimum absolute atomic E-state index is 0.111. The van der Waals surface area contributed by atoms with Crippen molar-refractivity contribution in [3.05, 3.63) is 29.6 Å². The summed E-state index contributed by atoms with van der Waals surface area (Å²) >= 11 is 0. The van der Waals surface area contributed by atoms with Crippen LogP contribution in [0.3, 0.4) is 0 Å². The van der Waals surface area contributed by atoms with Crippen LogP contribution in [0, 0.1) is 11.7 Å². The van der Waals surface area contributed by atoms with Gasteiger partial charge in [-0.2, -0.15) is 0 Å². The molecule has 2 rings (SSSR count). The highest BCUT2D eigenvalue weighted by atomic mass is 19.1. The SMILES string of the molecule is CC1CN(c2c(F)cccc2[C@@H](C)O)CCC1O. The van der Waals surface area contributed by atoms with E-state index in [2.05, 4.69) is 0 Å². The molecule has 0 spiro atoms. The lowest BCUT2D eigenvalue weighted by Crippen LogP contribution is -2.42. The Balaban J connectivity index is 2.33. The number of halogens is 1. The van der Waals surface area contributed by atoms with Gasteiger partial charge in [0.15, 0.2) is 0 Å². The molecule has 1 aromatic rings. The van der Waals surface area contributed by atoms with E-state index in [9.17, 15) is 14.6 Å². The number of hydrogen-bond acceptors (Lipinski definition) is 3. The molecular weight excluding hydrogens is 233 g/mol. The Kier molecular flexibility index (Phi) is 3.88. The predicted molar refractivity (Wildman–Crippen MR) is 69.0 cm³/mol. The quantitative estimate of drug-likeness (QED) is 0.848. The molecule has 0 saturated carbocycles. The Hall–Kier alpha value is -1.13. The third-order valence-corrected chi connectivity index (χ3v) is 3.64. The largest absolute Gasteiger partial charge is 0.393 e. The van der Waals surface area contributed by atoms with Gasteiger partial charge >= 0.3 is 0 Å². The van der Waals surface area contributed by atoms with E-state index in [0.29, 0.717) is 30.8 Å². The molecule has 1 fully saturated rings. The highest BCUT2D eigenvalue weighted by Gasteiger charge is 2.27. The first kappa shape index (κ1) is 13.3. The van der Waals surface area contributed by atoms with Gasteiger partial charge in [-0.15, -0.1) is 0 Å². The van der Waals surface area contributed by atoms with Crippen LogP contribution in [0.25, 0.3) is 0 Å². The van der Waals surface area contributed by atoms with Crippen molar-refractivity contribution in [2.75, 3.05) is 18.0 Å². The minimum atomic E-state index is -0.696. The standard InChI is InChI=1S/C14H20FNO2/c1-9-8-16(7-6-13(9)18)14-11(10(2)17)4-3-5-12(14)15/h3-5,9-10,13,17-18H,6-8H2,1-2H3/t9?,10-,13?/m1/s1. The first-order chi connectivity index (χ1) is 8.50. The van der Waals surface area contributed by atoms with Crippen LogP contribution < -0.4 is 4.90 Å². The summed E-state index contributed by atoms with van der Waals surface area (Å²) in [6.07, 6.45) is -0.379. The molecule has 2 N–H and O–H groups in total. The zero-order valence-electron chi connectivity index (χ0n) is 10.8. The Morgan fingerprint density at radius 3 is 2.78 bits per heavy atom. The highest BCUT2D eigenvalue weighted by Crippen LogP contribution is 2.32. The molecule has 0 radical (unpaired) electrons. The molecule has 2 unspecified atom stereocenters. The highest BCUT2D eigenvalue weighted by molar-refractivity contribution is 5.56. The molecule has 1 aliphatic rings. The summed E-state index contributed by atoms with van der Waals surface area (Å²) < 4.78 is 14.0. The van der Waals surface area contributed by atoms with E-state index in [1.165, 1.54) is 6.07 Å². The van der Waals surface area contributed by atoms with Crippen molar-refractivity contribution in [2.45, 2.75) is 32.5 Å².